The van der Waals surface area contributed by atoms with Crippen LogP contribution >= 0.6 is 0 Å². The van der Waals surface area contributed by atoms with Gasteiger partial charge in [0.2, 0.25) is 0 Å². The molecule has 6 nitrogen and oxygen atoms in total. The molecule has 2 aromatic rings. The number of aromatic amines is 1. The molecule has 1 amide bonds. The Balaban J connectivity index is 2.12. The van der Waals surface area contributed by atoms with Gasteiger partial charge in [-0.15, -0.1) is 0 Å². The van der Waals surface area contributed by atoms with E-state index in [9.17, 15) is 4.79 Å². The van der Waals surface area contributed by atoms with Crippen LogP contribution in [0.4, 0.5) is 5.82 Å². The van der Waals surface area contributed by atoms with Crippen molar-refractivity contribution in [2.45, 2.75) is 13.0 Å². The highest BCUT2D eigenvalue weighted by Crippen LogP contribution is 2.13. The lowest BCUT2D eigenvalue weighted by Crippen LogP contribution is -2.28. The molecule has 0 aliphatic rings. The molecule has 1 atom stereocenters. The first kappa shape index (κ1) is 12.1. The van der Waals surface area contributed by atoms with Crippen LogP contribution in [0.2, 0.25) is 0 Å². The Bertz CT molecular complexity index is 523. The highest BCUT2D eigenvalue weighted by molar-refractivity contribution is 5.98. The van der Waals surface area contributed by atoms with Crippen molar-refractivity contribution in [1.29, 1.82) is 0 Å². The van der Waals surface area contributed by atoms with E-state index in [4.69, 9.17) is 0 Å². The highest BCUT2D eigenvalue weighted by Gasteiger charge is 2.15. The molecule has 18 heavy (non-hydrogen) atoms. The molecule has 0 fully saturated rings. The number of anilines is 1. The molecular weight excluding hydrogens is 230 g/mol. The Labute approximate surface area is 105 Å². The van der Waals surface area contributed by atoms with Crippen molar-refractivity contribution in [1.82, 2.24) is 20.3 Å². The fourth-order valence-electron chi connectivity index (χ4n) is 1.64. The number of nitrogens with zero attached hydrogens (tertiary/aromatic N) is 2. The summed E-state index contributed by atoms with van der Waals surface area (Å²) in [5.41, 5.74) is 0.512. The van der Waals surface area contributed by atoms with Crippen molar-refractivity contribution in [2.24, 2.45) is 0 Å². The minimum absolute atomic E-state index is 0.183. The van der Waals surface area contributed by atoms with Gasteiger partial charge in [0, 0.05) is 25.6 Å². The lowest BCUT2D eigenvalue weighted by atomic mass is 10.2. The predicted octanol–water partition coefficient (Wildman–Crippen LogP) is 1.34. The minimum Gasteiger partial charge on any atom is -0.372 e. The van der Waals surface area contributed by atoms with Gasteiger partial charge in [0.15, 0.2) is 0 Å². The van der Waals surface area contributed by atoms with E-state index in [1.54, 1.807) is 37.8 Å². The molecule has 0 aliphatic heterocycles. The second-order valence-corrected chi connectivity index (χ2v) is 3.82. The van der Waals surface area contributed by atoms with Gasteiger partial charge in [-0.3, -0.25) is 4.79 Å². The summed E-state index contributed by atoms with van der Waals surface area (Å²) in [5, 5.41) is 5.75. The van der Waals surface area contributed by atoms with Crippen molar-refractivity contribution in [3.63, 3.8) is 0 Å². The zero-order valence-corrected chi connectivity index (χ0v) is 10.3. The van der Waals surface area contributed by atoms with Crippen LogP contribution < -0.4 is 10.6 Å². The van der Waals surface area contributed by atoms with Crippen molar-refractivity contribution in [3.8, 4) is 0 Å². The van der Waals surface area contributed by atoms with Crippen LogP contribution in [0.1, 0.15) is 29.1 Å². The number of imidazole rings is 1. The topological polar surface area (TPSA) is 82.7 Å². The first-order valence-corrected chi connectivity index (χ1v) is 5.65. The van der Waals surface area contributed by atoms with E-state index in [1.165, 1.54) is 0 Å². The lowest BCUT2D eigenvalue weighted by molar-refractivity contribution is 0.0939. The normalized spacial score (nSPS) is 11.9. The molecule has 94 valence electrons. The van der Waals surface area contributed by atoms with Gasteiger partial charge in [0.05, 0.1) is 11.6 Å². The van der Waals surface area contributed by atoms with Crippen LogP contribution in [0, 0.1) is 0 Å². The van der Waals surface area contributed by atoms with E-state index < -0.39 is 0 Å². The number of carbonyl (C=O) groups is 1. The van der Waals surface area contributed by atoms with Gasteiger partial charge >= 0.3 is 0 Å². The maximum absolute atomic E-state index is 12.1. The third kappa shape index (κ3) is 2.48. The fraction of sp³-hybridized carbons (Fsp3) is 0.250. The van der Waals surface area contributed by atoms with Gasteiger partial charge in [0.1, 0.15) is 11.6 Å². The number of rotatable bonds is 4. The molecule has 0 saturated carbocycles. The van der Waals surface area contributed by atoms with Gasteiger partial charge < -0.3 is 15.6 Å². The van der Waals surface area contributed by atoms with Crippen LogP contribution in [0.5, 0.6) is 0 Å². The standard InChI is InChI=1S/C12H15N5O/c1-8(10-15-6-7-16-10)17-12(18)9-4-3-5-14-11(9)13-2/h3-8H,1-2H3,(H,13,14)(H,15,16)(H,17,18). The summed E-state index contributed by atoms with van der Waals surface area (Å²) in [6, 6.07) is 3.27. The van der Waals surface area contributed by atoms with Crippen LogP contribution in [0.3, 0.4) is 0 Å². The lowest BCUT2D eigenvalue weighted by Gasteiger charge is -2.13. The van der Waals surface area contributed by atoms with Crippen molar-refractivity contribution in [2.75, 3.05) is 12.4 Å². The molecule has 0 aliphatic carbocycles. The van der Waals surface area contributed by atoms with Crippen LogP contribution in [-0.2, 0) is 0 Å². The molecule has 0 radical (unpaired) electrons. The molecule has 2 heterocycles. The van der Waals surface area contributed by atoms with Gasteiger partial charge in [-0.25, -0.2) is 9.97 Å². The van der Waals surface area contributed by atoms with Gasteiger partial charge in [0.25, 0.3) is 5.91 Å². The van der Waals surface area contributed by atoms with E-state index in [0.717, 1.165) is 5.82 Å². The summed E-state index contributed by atoms with van der Waals surface area (Å²) in [4.78, 5) is 23.3. The number of carbonyl (C=O) groups excluding carboxylic acids is 1. The summed E-state index contributed by atoms with van der Waals surface area (Å²) < 4.78 is 0. The third-order valence-electron chi connectivity index (χ3n) is 2.57. The second kappa shape index (κ2) is 5.31. The first-order chi connectivity index (χ1) is 8.72. The first-order valence-electron chi connectivity index (χ1n) is 5.65. The molecule has 2 rings (SSSR count). The summed E-state index contributed by atoms with van der Waals surface area (Å²) >= 11 is 0. The van der Waals surface area contributed by atoms with E-state index in [1.807, 2.05) is 6.92 Å². The number of aromatic nitrogens is 3. The number of nitrogens with one attached hydrogen (secondary N) is 3. The average Bonchev–Trinajstić information content (AvgIpc) is 2.92. The Morgan fingerprint density at radius 1 is 1.39 bits per heavy atom. The van der Waals surface area contributed by atoms with Crippen molar-refractivity contribution >= 4 is 11.7 Å². The predicted molar refractivity (Wildman–Crippen MR) is 68.3 cm³/mol. The molecular formula is C12H15N5O. The highest BCUT2D eigenvalue weighted by atomic mass is 16.1. The summed E-state index contributed by atoms with van der Waals surface area (Å²) in [5.74, 6) is 1.09. The maximum Gasteiger partial charge on any atom is 0.255 e. The Morgan fingerprint density at radius 3 is 2.89 bits per heavy atom. The molecule has 6 heteroatoms. The summed E-state index contributed by atoms with van der Waals surface area (Å²) in [7, 11) is 1.73. The largest absolute Gasteiger partial charge is 0.372 e. The number of amides is 1. The summed E-state index contributed by atoms with van der Waals surface area (Å²) in [6.07, 6.45) is 5.01. The number of hydrogen-bond acceptors (Lipinski definition) is 4. The quantitative estimate of drug-likeness (QED) is 0.759. The van der Waals surface area contributed by atoms with Crippen molar-refractivity contribution in [3.05, 3.63) is 42.1 Å². The molecule has 0 aromatic carbocycles. The smallest absolute Gasteiger partial charge is 0.255 e. The number of H-pyrrole nitrogens is 1. The molecule has 3 N–H and O–H groups in total. The van der Waals surface area contributed by atoms with Gasteiger partial charge in [-0.2, -0.15) is 0 Å². The molecule has 0 spiro atoms. The van der Waals surface area contributed by atoms with E-state index >= 15 is 0 Å². The van der Waals surface area contributed by atoms with Gasteiger partial charge in [-0.05, 0) is 19.1 Å². The summed E-state index contributed by atoms with van der Waals surface area (Å²) in [6.45, 7) is 1.87. The monoisotopic (exact) mass is 245 g/mol. The van der Waals surface area contributed by atoms with Crippen LogP contribution in [-0.4, -0.2) is 27.9 Å². The third-order valence-corrected chi connectivity index (χ3v) is 2.57. The van der Waals surface area contributed by atoms with Crippen molar-refractivity contribution < 1.29 is 4.79 Å². The zero-order valence-electron chi connectivity index (χ0n) is 10.3. The zero-order chi connectivity index (χ0) is 13.0. The molecule has 0 saturated heterocycles. The molecule has 2 aromatic heterocycles. The maximum atomic E-state index is 12.1. The Morgan fingerprint density at radius 2 is 2.22 bits per heavy atom. The fourth-order valence-corrected chi connectivity index (χ4v) is 1.64. The Hall–Kier alpha value is -2.37. The molecule has 0 bridgehead atoms. The van der Waals surface area contributed by atoms with E-state index in [-0.39, 0.29) is 11.9 Å². The number of hydrogen-bond donors (Lipinski definition) is 3. The minimum atomic E-state index is -0.184. The number of pyridine rings is 1. The van der Waals surface area contributed by atoms with Crippen LogP contribution in [0.25, 0.3) is 0 Å². The average molecular weight is 245 g/mol. The van der Waals surface area contributed by atoms with Gasteiger partial charge in [-0.1, -0.05) is 0 Å². The SMILES string of the molecule is CNc1ncccc1C(=O)NC(C)c1ncc[nH]1. The van der Waals surface area contributed by atoms with E-state index in [0.29, 0.717) is 11.4 Å². The Kier molecular flexibility index (Phi) is 3.57. The second-order valence-electron chi connectivity index (χ2n) is 3.82. The van der Waals surface area contributed by atoms with E-state index in [2.05, 4.69) is 25.6 Å². The molecule has 1 unspecified atom stereocenters. The van der Waals surface area contributed by atoms with Crippen LogP contribution in [0.15, 0.2) is 30.7 Å².